The zero-order valence-corrected chi connectivity index (χ0v) is 13.2. The molecule has 0 aliphatic heterocycles. The molecule has 0 N–H and O–H groups in total. The van der Waals surface area contributed by atoms with E-state index in [0.29, 0.717) is 6.04 Å². The van der Waals surface area contributed by atoms with Crippen molar-refractivity contribution in [3.8, 4) is 0 Å². The molecule has 3 nitrogen and oxygen atoms in total. The fourth-order valence-corrected chi connectivity index (χ4v) is 4.27. The van der Waals surface area contributed by atoms with Gasteiger partial charge < -0.3 is 0 Å². The number of thiophene rings is 1. The van der Waals surface area contributed by atoms with Crippen LogP contribution in [0.4, 0.5) is 5.13 Å². The molecule has 2 heterocycles. The Balaban J connectivity index is 1.90. The Labute approximate surface area is 127 Å². The van der Waals surface area contributed by atoms with Crippen LogP contribution in [-0.2, 0) is 0 Å². The average Bonchev–Trinajstić information content (AvgIpc) is 3.12. The van der Waals surface area contributed by atoms with Crippen LogP contribution in [0.25, 0.3) is 0 Å². The summed E-state index contributed by atoms with van der Waals surface area (Å²) < 4.78 is 0. The van der Waals surface area contributed by atoms with Crippen molar-refractivity contribution in [3.05, 3.63) is 33.5 Å². The molecule has 106 valence electrons. The van der Waals surface area contributed by atoms with Crippen molar-refractivity contribution in [2.75, 3.05) is 4.90 Å². The molecule has 3 rings (SSSR count). The zero-order valence-electron chi connectivity index (χ0n) is 11.5. The fraction of sp³-hybridized carbons (Fsp3) is 0.467. The number of amides is 1. The van der Waals surface area contributed by atoms with Crippen LogP contribution in [0.5, 0.6) is 0 Å². The van der Waals surface area contributed by atoms with Crippen LogP contribution in [0.3, 0.4) is 0 Å². The van der Waals surface area contributed by atoms with E-state index in [1.807, 2.05) is 29.3 Å². The molecule has 0 atom stereocenters. The second-order valence-corrected chi connectivity index (χ2v) is 7.35. The van der Waals surface area contributed by atoms with Crippen LogP contribution in [0.15, 0.2) is 23.7 Å². The third-order valence-electron chi connectivity index (χ3n) is 3.74. The SMILES string of the molecule is Cc1ccc(C(=O)N(c2nccs2)C2CCCCC2)s1. The fourth-order valence-electron chi connectivity index (χ4n) is 2.75. The summed E-state index contributed by atoms with van der Waals surface area (Å²) in [7, 11) is 0. The molecule has 5 heteroatoms. The van der Waals surface area contributed by atoms with Crippen LogP contribution < -0.4 is 4.90 Å². The Morgan fingerprint density at radius 3 is 2.70 bits per heavy atom. The lowest BCUT2D eigenvalue weighted by atomic mass is 9.94. The molecular weight excluding hydrogens is 288 g/mol. The number of anilines is 1. The van der Waals surface area contributed by atoms with Crippen LogP contribution in [-0.4, -0.2) is 16.9 Å². The molecule has 0 saturated heterocycles. The van der Waals surface area contributed by atoms with E-state index in [9.17, 15) is 4.79 Å². The summed E-state index contributed by atoms with van der Waals surface area (Å²) in [5.74, 6) is 0.116. The molecule has 0 bridgehead atoms. The Hall–Kier alpha value is -1.20. The van der Waals surface area contributed by atoms with Gasteiger partial charge in [0.25, 0.3) is 5.91 Å². The van der Waals surface area contributed by atoms with Gasteiger partial charge in [-0.2, -0.15) is 0 Å². The number of aryl methyl sites for hydroxylation is 1. The number of hydrogen-bond donors (Lipinski definition) is 0. The van der Waals surface area contributed by atoms with Crippen molar-refractivity contribution < 1.29 is 4.79 Å². The monoisotopic (exact) mass is 306 g/mol. The van der Waals surface area contributed by atoms with Crippen LogP contribution in [0.2, 0.25) is 0 Å². The second kappa shape index (κ2) is 6.06. The highest BCUT2D eigenvalue weighted by Gasteiger charge is 2.29. The van der Waals surface area contributed by atoms with E-state index in [1.165, 1.54) is 24.1 Å². The lowest BCUT2D eigenvalue weighted by Gasteiger charge is -2.32. The van der Waals surface area contributed by atoms with Crippen molar-refractivity contribution in [2.45, 2.75) is 45.1 Å². The lowest BCUT2D eigenvalue weighted by Crippen LogP contribution is -2.41. The highest BCUT2D eigenvalue weighted by Crippen LogP contribution is 2.31. The lowest BCUT2D eigenvalue weighted by molar-refractivity contribution is 0.0974. The molecule has 1 fully saturated rings. The van der Waals surface area contributed by atoms with Crippen molar-refractivity contribution >= 4 is 33.7 Å². The van der Waals surface area contributed by atoms with E-state index < -0.39 is 0 Å². The van der Waals surface area contributed by atoms with Gasteiger partial charge in [-0.15, -0.1) is 22.7 Å². The normalized spacial score (nSPS) is 16.2. The molecule has 2 aromatic heterocycles. The van der Waals surface area contributed by atoms with Crippen molar-refractivity contribution in [1.29, 1.82) is 0 Å². The van der Waals surface area contributed by atoms with E-state index in [0.717, 1.165) is 22.9 Å². The van der Waals surface area contributed by atoms with Gasteiger partial charge in [0.15, 0.2) is 5.13 Å². The first-order chi connectivity index (χ1) is 9.75. The number of hydrogen-bond acceptors (Lipinski definition) is 4. The van der Waals surface area contributed by atoms with Gasteiger partial charge in [-0.3, -0.25) is 9.69 Å². The summed E-state index contributed by atoms with van der Waals surface area (Å²) in [5, 5.41) is 2.78. The highest BCUT2D eigenvalue weighted by molar-refractivity contribution is 7.15. The molecule has 20 heavy (non-hydrogen) atoms. The number of rotatable bonds is 3. The molecule has 1 saturated carbocycles. The average molecular weight is 306 g/mol. The van der Waals surface area contributed by atoms with Crippen molar-refractivity contribution in [2.24, 2.45) is 0 Å². The van der Waals surface area contributed by atoms with Crippen LogP contribution >= 0.6 is 22.7 Å². The van der Waals surface area contributed by atoms with Gasteiger partial charge in [-0.1, -0.05) is 19.3 Å². The molecular formula is C15H18N2OS2. The van der Waals surface area contributed by atoms with E-state index in [-0.39, 0.29) is 5.91 Å². The standard InChI is InChI=1S/C15H18N2OS2/c1-11-7-8-13(20-11)14(18)17(15-16-9-10-19-15)12-5-3-2-4-6-12/h7-10,12H,2-6H2,1H3. The van der Waals surface area contributed by atoms with E-state index in [2.05, 4.69) is 4.98 Å². The molecule has 0 aromatic carbocycles. The zero-order chi connectivity index (χ0) is 13.9. The maximum absolute atomic E-state index is 12.9. The first-order valence-electron chi connectivity index (χ1n) is 7.05. The number of thiazole rings is 1. The van der Waals surface area contributed by atoms with Crippen molar-refractivity contribution in [1.82, 2.24) is 4.98 Å². The molecule has 0 unspecified atom stereocenters. The van der Waals surface area contributed by atoms with E-state index >= 15 is 0 Å². The van der Waals surface area contributed by atoms with Gasteiger partial charge in [0.05, 0.1) is 4.88 Å². The number of aromatic nitrogens is 1. The topological polar surface area (TPSA) is 33.2 Å². The minimum Gasteiger partial charge on any atom is -0.280 e. The molecule has 1 amide bonds. The summed E-state index contributed by atoms with van der Waals surface area (Å²) in [5.41, 5.74) is 0. The van der Waals surface area contributed by atoms with Gasteiger partial charge >= 0.3 is 0 Å². The molecule has 0 spiro atoms. The Bertz CT molecular complexity index is 570. The maximum Gasteiger partial charge on any atom is 0.270 e. The van der Waals surface area contributed by atoms with Gasteiger partial charge in [0.1, 0.15) is 0 Å². The third kappa shape index (κ3) is 2.79. The van der Waals surface area contributed by atoms with Gasteiger partial charge in [0.2, 0.25) is 0 Å². The minimum absolute atomic E-state index is 0.116. The molecule has 1 aliphatic carbocycles. The largest absolute Gasteiger partial charge is 0.280 e. The van der Waals surface area contributed by atoms with Crippen molar-refractivity contribution in [3.63, 3.8) is 0 Å². The number of carbonyl (C=O) groups is 1. The van der Waals surface area contributed by atoms with Gasteiger partial charge in [0, 0.05) is 22.5 Å². The third-order valence-corrected chi connectivity index (χ3v) is 5.49. The summed E-state index contributed by atoms with van der Waals surface area (Å²) in [6.07, 6.45) is 7.68. The molecule has 2 aromatic rings. The summed E-state index contributed by atoms with van der Waals surface area (Å²) in [6, 6.07) is 4.26. The quantitative estimate of drug-likeness (QED) is 0.837. The predicted molar refractivity (Wildman–Crippen MR) is 84.9 cm³/mol. The maximum atomic E-state index is 12.9. The first kappa shape index (κ1) is 13.8. The highest BCUT2D eigenvalue weighted by atomic mass is 32.1. The smallest absolute Gasteiger partial charge is 0.270 e. The molecule has 0 radical (unpaired) electrons. The van der Waals surface area contributed by atoms with E-state index in [4.69, 9.17) is 0 Å². The second-order valence-electron chi connectivity index (χ2n) is 5.19. The van der Waals surface area contributed by atoms with Crippen LogP contribution in [0.1, 0.15) is 46.7 Å². The summed E-state index contributed by atoms with van der Waals surface area (Å²) in [4.78, 5) is 21.2. The molecule has 1 aliphatic rings. The summed E-state index contributed by atoms with van der Waals surface area (Å²) in [6.45, 7) is 2.04. The Morgan fingerprint density at radius 1 is 1.30 bits per heavy atom. The van der Waals surface area contributed by atoms with Gasteiger partial charge in [-0.25, -0.2) is 4.98 Å². The van der Waals surface area contributed by atoms with Crippen LogP contribution in [0, 0.1) is 6.92 Å². The number of carbonyl (C=O) groups excluding carboxylic acids is 1. The van der Waals surface area contributed by atoms with Gasteiger partial charge in [-0.05, 0) is 31.9 Å². The van der Waals surface area contributed by atoms with E-state index in [1.54, 1.807) is 28.9 Å². The summed E-state index contributed by atoms with van der Waals surface area (Å²) >= 11 is 3.12. The Morgan fingerprint density at radius 2 is 2.10 bits per heavy atom. The Kier molecular flexibility index (Phi) is 4.17. The minimum atomic E-state index is 0.116. The predicted octanol–water partition coefficient (Wildman–Crippen LogP) is 4.49. The number of nitrogens with zero attached hydrogens (tertiary/aromatic N) is 2. The first-order valence-corrected chi connectivity index (χ1v) is 8.75.